The minimum Gasteiger partial charge on any atom is -0.345 e. The zero-order chi connectivity index (χ0) is 17.4. The number of benzene rings is 1. The molecule has 6 heteroatoms. The molecule has 1 amide bonds. The van der Waals surface area contributed by atoms with Gasteiger partial charge in [0.15, 0.2) is 0 Å². The first kappa shape index (κ1) is 23.9. The molecule has 138 valence electrons. The number of hydrogen-bond donors (Lipinski definition) is 1. The number of carbonyl (C=O) groups excluding carboxylic acids is 1. The number of rotatable bonds is 6. The van der Waals surface area contributed by atoms with Crippen molar-refractivity contribution in [2.24, 2.45) is 0 Å². The van der Waals surface area contributed by atoms with E-state index in [0.29, 0.717) is 10.3 Å². The summed E-state index contributed by atoms with van der Waals surface area (Å²) in [6.45, 7) is 2.06. The van der Waals surface area contributed by atoms with E-state index >= 15 is 0 Å². The summed E-state index contributed by atoms with van der Waals surface area (Å²) in [5, 5.41) is 12.3. The first-order valence-electron chi connectivity index (χ1n) is 7.74. The number of halogens is 1. The molecule has 0 aliphatic rings. The van der Waals surface area contributed by atoms with Gasteiger partial charge in [0.05, 0.1) is 11.7 Å². The SMILES string of the molecule is C.CCC[C@H](NC(=O)/C(C#N)=C/c1cccc(Br)n1)c1ccccc1.S. The van der Waals surface area contributed by atoms with Crippen molar-refractivity contribution in [2.45, 2.75) is 33.2 Å². The van der Waals surface area contributed by atoms with Gasteiger partial charge >= 0.3 is 0 Å². The summed E-state index contributed by atoms with van der Waals surface area (Å²) < 4.78 is 0.655. The summed E-state index contributed by atoms with van der Waals surface area (Å²) in [6, 6.07) is 17.0. The summed E-state index contributed by atoms with van der Waals surface area (Å²) in [7, 11) is 0. The molecule has 0 radical (unpaired) electrons. The molecule has 26 heavy (non-hydrogen) atoms. The molecule has 0 aliphatic carbocycles. The number of aromatic nitrogens is 1. The Labute approximate surface area is 170 Å². The largest absolute Gasteiger partial charge is 0.345 e. The average molecular weight is 434 g/mol. The number of carbonyl (C=O) groups is 1. The molecule has 1 aromatic carbocycles. The topological polar surface area (TPSA) is 65.8 Å². The van der Waals surface area contributed by atoms with Crippen molar-refractivity contribution in [3.05, 3.63) is 70.0 Å². The van der Waals surface area contributed by atoms with Gasteiger partial charge in [0.2, 0.25) is 0 Å². The van der Waals surface area contributed by atoms with Crippen molar-refractivity contribution in [1.29, 1.82) is 5.26 Å². The van der Waals surface area contributed by atoms with Crippen LogP contribution in [0, 0.1) is 11.3 Å². The van der Waals surface area contributed by atoms with Gasteiger partial charge in [-0.25, -0.2) is 4.98 Å². The fourth-order valence-electron chi connectivity index (χ4n) is 2.33. The van der Waals surface area contributed by atoms with Crippen molar-refractivity contribution in [3.8, 4) is 6.07 Å². The van der Waals surface area contributed by atoms with Crippen LogP contribution < -0.4 is 5.32 Å². The number of amides is 1. The Bertz CT molecular complexity index is 772. The third kappa shape index (κ3) is 7.03. The zero-order valence-corrected chi connectivity index (χ0v) is 16.5. The molecule has 1 aromatic heterocycles. The summed E-state index contributed by atoms with van der Waals surface area (Å²) >= 11 is 3.28. The quantitative estimate of drug-likeness (QED) is 0.388. The molecule has 4 nitrogen and oxygen atoms in total. The van der Waals surface area contributed by atoms with Gasteiger partial charge < -0.3 is 5.32 Å². The third-order valence-electron chi connectivity index (χ3n) is 3.48. The average Bonchev–Trinajstić information content (AvgIpc) is 2.60. The van der Waals surface area contributed by atoms with Crippen LogP contribution in [-0.2, 0) is 4.79 Å². The maximum Gasteiger partial charge on any atom is 0.262 e. The molecule has 0 aliphatic heterocycles. The first-order valence-corrected chi connectivity index (χ1v) is 8.53. The predicted molar refractivity (Wildman–Crippen MR) is 115 cm³/mol. The Morgan fingerprint density at radius 3 is 2.54 bits per heavy atom. The van der Waals surface area contributed by atoms with Crippen LogP contribution in [0.15, 0.2) is 58.7 Å². The molecule has 0 bridgehead atoms. The number of nitriles is 1. The van der Waals surface area contributed by atoms with E-state index in [1.807, 2.05) is 36.4 Å². The van der Waals surface area contributed by atoms with E-state index in [9.17, 15) is 10.1 Å². The van der Waals surface area contributed by atoms with E-state index in [1.54, 1.807) is 18.2 Å². The molecule has 1 atom stereocenters. The monoisotopic (exact) mass is 433 g/mol. The fourth-order valence-corrected chi connectivity index (χ4v) is 2.69. The second kappa shape index (κ2) is 12.3. The van der Waals surface area contributed by atoms with Gasteiger partial charge in [-0.05, 0) is 46.1 Å². The molecule has 0 saturated carbocycles. The Balaban J connectivity index is 0.00000312. The van der Waals surface area contributed by atoms with Crippen molar-refractivity contribution in [3.63, 3.8) is 0 Å². The Kier molecular flexibility index (Phi) is 11.3. The number of hydrogen-bond acceptors (Lipinski definition) is 3. The lowest BCUT2D eigenvalue weighted by Crippen LogP contribution is -2.29. The van der Waals surface area contributed by atoms with Gasteiger partial charge in [-0.1, -0.05) is 57.2 Å². The molecule has 2 rings (SSSR count). The van der Waals surface area contributed by atoms with Gasteiger partial charge in [0.1, 0.15) is 16.2 Å². The fraction of sp³-hybridized carbons (Fsp3) is 0.250. The Morgan fingerprint density at radius 1 is 1.27 bits per heavy atom. The van der Waals surface area contributed by atoms with Gasteiger partial charge in [-0.3, -0.25) is 4.79 Å². The zero-order valence-electron chi connectivity index (χ0n) is 13.9. The Hall–Kier alpha value is -2.10. The van der Waals surface area contributed by atoms with Crippen LogP contribution >= 0.6 is 29.4 Å². The normalized spacial score (nSPS) is 11.3. The highest BCUT2D eigenvalue weighted by Gasteiger charge is 2.16. The van der Waals surface area contributed by atoms with Crippen LogP contribution in [0.5, 0.6) is 0 Å². The highest BCUT2D eigenvalue weighted by Crippen LogP contribution is 2.19. The lowest BCUT2D eigenvalue weighted by molar-refractivity contribution is -0.117. The number of nitrogens with one attached hydrogen (secondary N) is 1. The second-order valence-corrected chi connectivity index (χ2v) is 6.09. The van der Waals surface area contributed by atoms with Gasteiger partial charge in [-0.2, -0.15) is 18.8 Å². The maximum atomic E-state index is 12.5. The molecule has 0 fully saturated rings. The number of nitrogens with zero attached hydrogens (tertiary/aromatic N) is 2. The molecular formula is C20H24BrN3OS. The summed E-state index contributed by atoms with van der Waals surface area (Å²) in [4.78, 5) is 16.7. The number of pyridine rings is 1. The van der Waals surface area contributed by atoms with Crippen LogP contribution in [0.2, 0.25) is 0 Å². The minimum absolute atomic E-state index is 0. The lowest BCUT2D eigenvalue weighted by Gasteiger charge is -2.18. The van der Waals surface area contributed by atoms with E-state index in [1.165, 1.54) is 6.08 Å². The molecule has 0 saturated heterocycles. The van der Waals surface area contributed by atoms with Crippen molar-refractivity contribution in [1.82, 2.24) is 10.3 Å². The van der Waals surface area contributed by atoms with E-state index in [4.69, 9.17) is 0 Å². The summed E-state index contributed by atoms with van der Waals surface area (Å²) in [6.07, 6.45) is 3.23. The van der Waals surface area contributed by atoms with Crippen LogP contribution in [0.1, 0.15) is 44.5 Å². The lowest BCUT2D eigenvalue weighted by atomic mass is 10.0. The van der Waals surface area contributed by atoms with E-state index < -0.39 is 0 Å². The van der Waals surface area contributed by atoms with E-state index in [2.05, 4.69) is 33.2 Å². The summed E-state index contributed by atoms with van der Waals surface area (Å²) in [5.41, 5.74) is 1.63. The molecule has 1 N–H and O–H groups in total. The predicted octanol–water partition coefficient (Wildman–Crippen LogP) is 5.16. The smallest absolute Gasteiger partial charge is 0.262 e. The van der Waals surface area contributed by atoms with Gasteiger partial charge in [0.25, 0.3) is 5.91 Å². The Morgan fingerprint density at radius 2 is 1.96 bits per heavy atom. The van der Waals surface area contributed by atoms with E-state index in [0.717, 1.165) is 18.4 Å². The van der Waals surface area contributed by atoms with Crippen LogP contribution in [0.25, 0.3) is 6.08 Å². The van der Waals surface area contributed by atoms with Gasteiger partial charge in [0, 0.05) is 0 Å². The molecule has 2 aromatic rings. The van der Waals surface area contributed by atoms with Crippen LogP contribution in [-0.4, -0.2) is 10.9 Å². The minimum atomic E-state index is -0.387. The first-order chi connectivity index (χ1) is 11.6. The van der Waals surface area contributed by atoms with Crippen molar-refractivity contribution < 1.29 is 4.79 Å². The molecule has 0 unspecified atom stereocenters. The van der Waals surface area contributed by atoms with E-state index in [-0.39, 0.29) is 38.4 Å². The van der Waals surface area contributed by atoms with Crippen molar-refractivity contribution >= 4 is 41.4 Å². The molecular weight excluding hydrogens is 410 g/mol. The molecule has 0 spiro atoms. The second-order valence-electron chi connectivity index (χ2n) is 5.28. The third-order valence-corrected chi connectivity index (χ3v) is 3.92. The van der Waals surface area contributed by atoms with Crippen LogP contribution in [0.3, 0.4) is 0 Å². The van der Waals surface area contributed by atoms with Crippen molar-refractivity contribution in [2.75, 3.05) is 0 Å². The summed E-state index contributed by atoms with van der Waals surface area (Å²) in [5.74, 6) is -0.387. The highest BCUT2D eigenvalue weighted by molar-refractivity contribution is 9.10. The van der Waals surface area contributed by atoms with Gasteiger partial charge in [-0.15, -0.1) is 0 Å². The highest BCUT2D eigenvalue weighted by atomic mass is 79.9. The standard InChI is InChI=1S/C19H18BrN3O.CH4.H2S/c1-2-7-17(14-8-4-3-5-9-14)23-19(24)15(13-21)12-16-10-6-11-18(20)22-16;;/h3-6,8-12,17H,2,7H2,1H3,(H,23,24);1H4;1H2/b15-12+;;/t17-;;/m0../s1. The van der Waals surface area contributed by atoms with Crippen LogP contribution in [0.4, 0.5) is 0 Å². The maximum absolute atomic E-state index is 12.5. The molecule has 1 heterocycles.